The lowest BCUT2D eigenvalue weighted by Crippen LogP contribution is -2.11. The highest BCUT2D eigenvalue weighted by Crippen LogP contribution is 2.24. The Hall–Kier alpha value is -2.21. The van der Waals surface area contributed by atoms with Crippen LogP contribution in [0, 0.1) is 6.92 Å². The summed E-state index contributed by atoms with van der Waals surface area (Å²) in [5.74, 6) is -0.639. The number of phenolic OH excluding ortho intramolecular Hbond substituents is 1. The molecule has 0 saturated carbocycles. The second-order valence-electron chi connectivity index (χ2n) is 3.96. The van der Waals surface area contributed by atoms with Crippen LogP contribution in [0.1, 0.15) is 32.6 Å². The van der Waals surface area contributed by atoms with Gasteiger partial charge in [0, 0.05) is 6.92 Å². The van der Waals surface area contributed by atoms with Gasteiger partial charge < -0.3 is 5.11 Å². The second-order valence-corrected chi connectivity index (χ2v) is 4.96. The summed E-state index contributed by atoms with van der Waals surface area (Å²) in [6.45, 7) is 3.16. The number of ketones is 1. The molecule has 98 valence electrons. The number of thiazole rings is 1. The van der Waals surface area contributed by atoms with Gasteiger partial charge in [-0.3, -0.25) is 14.9 Å². The molecule has 2 aromatic rings. The van der Waals surface area contributed by atoms with Gasteiger partial charge in [-0.25, -0.2) is 4.98 Å². The Kier molecular flexibility index (Phi) is 3.62. The fourth-order valence-electron chi connectivity index (χ4n) is 1.61. The van der Waals surface area contributed by atoms with Crippen molar-refractivity contribution in [2.45, 2.75) is 13.8 Å². The quantitative estimate of drug-likeness (QED) is 0.844. The number of carbonyl (C=O) groups is 2. The lowest BCUT2D eigenvalue weighted by molar-refractivity contribution is 0.101. The number of nitrogens with one attached hydrogen (secondary N) is 1. The molecule has 2 rings (SSSR count). The van der Waals surface area contributed by atoms with E-state index in [0.29, 0.717) is 15.7 Å². The smallest absolute Gasteiger partial charge is 0.261 e. The van der Waals surface area contributed by atoms with Crippen LogP contribution in [0.2, 0.25) is 0 Å². The first-order valence-corrected chi connectivity index (χ1v) is 6.38. The van der Waals surface area contributed by atoms with Crippen LogP contribution in [0.4, 0.5) is 5.13 Å². The highest BCUT2D eigenvalue weighted by atomic mass is 32.1. The zero-order valence-corrected chi connectivity index (χ0v) is 11.2. The first-order valence-electron chi connectivity index (χ1n) is 5.56. The number of para-hydroxylation sites is 1. The van der Waals surface area contributed by atoms with Crippen LogP contribution in [0.15, 0.2) is 24.3 Å². The van der Waals surface area contributed by atoms with E-state index >= 15 is 0 Å². The Morgan fingerprint density at radius 2 is 2.00 bits per heavy atom. The van der Waals surface area contributed by atoms with Crippen molar-refractivity contribution < 1.29 is 14.7 Å². The van der Waals surface area contributed by atoms with E-state index in [-0.39, 0.29) is 17.1 Å². The molecular formula is C13H12N2O3S. The van der Waals surface area contributed by atoms with E-state index in [1.165, 1.54) is 19.1 Å². The fourth-order valence-corrected chi connectivity index (χ4v) is 2.46. The van der Waals surface area contributed by atoms with Crippen LogP contribution in [0.25, 0.3) is 0 Å². The molecule has 2 N–H and O–H groups in total. The minimum absolute atomic E-state index is 0.0851. The molecule has 0 unspecified atom stereocenters. The lowest BCUT2D eigenvalue weighted by atomic mass is 10.2. The Morgan fingerprint density at radius 3 is 2.58 bits per heavy atom. The Balaban J connectivity index is 2.22. The summed E-state index contributed by atoms with van der Waals surface area (Å²) in [6.07, 6.45) is 0. The zero-order valence-electron chi connectivity index (χ0n) is 10.4. The third-order valence-electron chi connectivity index (χ3n) is 2.49. The molecule has 1 aromatic heterocycles. The van der Waals surface area contributed by atoms with E-state index in [9.17, 15) is 14.7 Å². The van der Waals surface area contributed by atoms with Crippen molar-refractivity contribution in [1.82, 2.24) is 4.98 Å². The largest absolute Gasteiger partial charge is 0.507 e. The highest BCUT2D eigenvalue weighted by Gasteiger charge is 2.15. The molecule has 0 radical (unpaired) electrons. The van der Waals surface area contributed by atoms with Gasteiger partial charge in [-0.2, -0.15) is 0 Å². The molecule has 1 aromatic carbocycles. The minimum atomic E-state index is -0.457. The van der Waals surface area contributed by atoms with Crippen LogP contribution < -0.4 is 5.32 Å². The van der Waals surface area contributed by atoms with E-state index in [2.05, 4.69) is 10.3 Å². The molecule has 0 spiro atoms. The average Bonchev–Trinajstić information content (AvgIpc) is 2.70. The van der Waals surface area contributed by atoms with Gasteiger partial charge in [0.25, 0.3) is 5.91 Å². The molecule has 1 amide bonds. The van der Waals surface area contributed by atoms with Crippen molar-refractivity contribution in [2.75, 3.05) is 5.32 Å². The van der Waals surface area contributed by atoms with Gasteiger partial charge in [0.1, 0.15) is 5.75 Å². The Bertz CT molecular complexity index is 649. The molecule has 0 bridgehead atoms. The maximum atomic E-state index is 11.9. The van der Waals surface area contributed by atoms with E-state index < -0.39 is 5.91 Å². The third kappa shape index (κ3) is 2.79. The summed E-state index contributed by atoms with van der Waals surface area (Å²) in [6, 6.07) is 6.23. The highest BCUT2D eigenvalue weighted by molar-refractivity contribution is 7.17. The average molecular weight is 276 g/mol. The number of hydrogen-bond acceptors (Lipinski definition) is 5. The van der Waals surface area contributed by atoms with Crippen molar-refractivity contribution in [3.05, 3.63) is 40.4 Å². The van der Waals surface area contributed by atoms with Crippen molar-refractivity contribution in [1.29, 1.82) is 0 Å². The number of amides is 1. The number of benzene rings is 1. The SMILES string of the molecule is CC(=O)c1sc(NC(=O)c2ccccc2O)nc1C. The molecule has 0 fully saturated rings. The second kappa shape index (κ2) is 5.19. The third-order valence-corrected chi connectivity index (χ3v) is 3.66. The van der Waals surface area contributed by atoms with Gasteiger partial charge in [0.15, 0.2) is 10.9 Å². The lowest BCUT2D eigenvalue weighted by Gasteiger charge is -2.03. The number of nitrogens with zero attached hydrogens (tertiary/aromatic N) is 1. The van der Waals surface area contributed by atoms with E-state index in [1.54, 1.807) is 19.1 Å². The standard InChI is InChI=1S/C13H12N2O3S/c1-7-11(8(2)16)19-13(14-7)15-12(18)9-5-3-4-6-10(9)17/h3-6,17H,1-2H3,(H,14,15,18). The van der Waals surface area contributed by atoms with Gasteiger partial charge in [-0.05, 0) is 19.1 Å². The minimum Gasteiger partial charge on any atom is -0.507 e. The summed E-state index contributed by atoms with van der Waals surface area (Å²) >= 11 is 1.12. The first kappa shape index (κ1) is 13.2. The molecule has 0 aliphatic heterocycles. The van der Waals surface area contributed by atoms with Crippen molar-refractivity contribution in [3.8, 4) is 5.75 Å². The summed E-state index contributed by atoms with van der Waals surface area (Å²) < 4.78 is 0. The monoisotopic (exact) mass is 276 g/mol. The molecule has 0 saturated heterocycles. The number of rotatable bonds is 3. The number of aromatic nitrogens is 1. The predicted octanol–water partition coefficient (Wildman–Crippen LogP) is 2.61. The first-order chi connectivity index (χ1) is 8.99. The maximum absolute atomic E-state index is 11.9. The van der Waals surface area contributed by atoms with Crippen molar-refractivity contribution >= 4 is 28.2 Å². The molecule has 19 heavy (non-hydrogen) atoms. The van der Waals surface area contributed by atoms with Crippen LogP contribution in [-0.4, -0.2) is 21.8 Å². The predicted molar refractivity (Wildman–Crippen MR) is 72.9 cm³/mol. The normalized spacial score (nSPS) is 10.2. The van der Waals surface area contributed by atoms with Crippen LogP contribution in [0.5, 0.6) is 5.75 Å². The number of aromatic hydroxyl groups is 1. The number of carbonyl (C=O) groups excluding carboxylic acids is 2. The van der Waals surface area contributed by atoms with Gasteiger partial charge in [0.2, 0.25) is 0 Å². The zero-order chi connectivity index (χ0) is 14.0. The van der Waals surface area contributed by atoms with Gasteiger partial charge >= 0.3 is 0 Å². The number of Topliss-reactive ketones (excluding diaryl/α,β-unsaturated/α-hetero) is 1. The maximum Gasteiger partial charge on any atom is 0.261 e. The summed E-state index contributed by atoms with van der Waals surface area (Å²) in [5.41, 5.74) is 0.754. The summed E-state index contributed by atoms with van der Waals surface area (Å²) in [7, 11) is 0. The molecular weight excluding hydrogens is 264 g/mol. The summed E-state index contributed by atoms with van der Waals surface area (Å²) in [4.78, 5) is 27.9. The molecule has 6 heteroatoms. The van der Waals surface area contributed by atoms with Crippen LogP contribution in [-0.2, 0) is 0 Å². The number of phenols is 1. The van der Waals surface area contributed by atoms with Crippen molar-refractivity contribution in [2.24, 2.45) is 0 Å². The van der Waals surface area contributed by atoms with E-state index in [1.807, 2.05) is 0 Å². The van der Waals surface area contributed by atoms with Gasteiger partial charge in [-0.1, -0.05) is 23.5 Å². The number of anilines is 1. The van der Waals surface area contributed by atoms with E-state index in [4.69, 9.17) is 0 Å². The molecule has 1 heterocycles. The fraction of sp³-hybridized carbons (Fsp3) is 0.154. The van der Waals surface area contributed by atoms with Gasteiger partial charge in [0.05, 0.1) is 16.1 Å². The van der Waals surface area contributed by atoms with Crippen molar-refractivity contribution in [3.63, 3.8) is 0 Å². The molecule has 0 aliphatic rings. The molecule has 5 nitrogen and oxygen atoms in total. The molecule has 0 atom stereocenters. The number of hydrogen-bond donors (Lipinski definition) is 2. The summed E-state index contributed by atoms with van der Waals surface area (Å²) in [5, 5.41) is 12.5. The van der Waals surface area contributed by atoms with Crippen LogP contribution in [0.3, 0.4) is 0 Å². The molecule has 0 aliphatic carbocycles. The van der Waals surface area contributed by atoms with Crippen LogP contribution >= 0.6 is 11.3 Å². The van der Waals surface area contributed by atoms with E-state index in [0.717, 1.165) is 11.3 Å². The van der Waals surface area contributed by atoms with Gasteiger partial charge in [-0.15, -0.1) is 0 Å². The Labute approximate surface area is 113 Å². The Morgan fingerprint density at radius 1 is 1.32 bits per heavy atom. The number of aryl methyl sites for hydroxylation is 1. The topological polar surface area (TPSA) is 79.3 Å².